The van der Waals surface area contributed by atoms with E-state index in [0.717, 1.165) is 42.0 Å². The van der Waals surface area contributed by atoms with Gasteiger partial charge in [-0.25, -0.2) is 0 Å². The largest absolute Gasteiger partial charge is 0.493 e. The molecule has 0 unspecified atom stereocenters. The van der Waals surface area contributed by atoms with Crippen molar-refractivity contribution < 1.29 is 9.47 Å². The summed E-state index contributed by atoms with van der Waals surface area (Å²) in [5, 5.41) is 1.15. The third kappa shape index (κ3) is 4.25. The number of methoxy groups -OCH3 is 1. The number of rotatable bonds is 5. The topological polar surface area (TPSA) is 21.7 Å². The fourth-order valence-electron chi connectivity index (χ4n) is 3.08. The summed E-state index contributed by atoms with van der Waals surface area (Å²) >= 11 is 18.3. The molecule has 0 bridgehead atoms. The number of para-hydroxylation sites is 1. The zero-order chi connectivity index (χ0) is 18.5. The van der Waals surface area contributed by atoms with Gasteiger partial charge in [-0.2, -0.15) is 0 Å². The van der Waals surface area contributed by atoms with Gasteiger partial charge >= 0.3 is 0 Å². The molecular weight excluding hydrogens is 389 g/mol. The number of likely N-dealkylation sites (tertiary alicyclic amines) is 1. The lowest BCUT2D eigenvalue weighted by atomic mass is 10.1. The van der Waals surface area contributed by atoms with Crippen molar-refractivity contribution in [2.24, 2.45) is 0 Å². The Kier molecular flexibility index (Phi) is 6.63. The lowest BCUT2D eigenvalue weighted by molar-refractivity contribution is 0.282. The minimum Gasteiger partial charge on any atom is -0.493 e. The van der Waals surface area contributed by atoms with Crippen molar-refractivity contribution in [2.45, 2.75) is 25.9 Å². The third-order valence-electron chi connectivity index (χ3n) is 4.50. The van der Waals surface area contributed by atoms with Crippen LogP contribution in [0.2, 0.25) is 10.0 Å². The molecule has 0 aliphatic carbocycles. The normalized spacial score (nSPS) is 14.2. The number of ether oxygens (including phenoxy) is 2. The smallest absolute Gasteiger partial charge is 0.171 e. The number of halogens is 2. The number of thiocarbonyl (C=S) groups is 1. The van der Waals surface area contributed by atoms with E-state index < -0.39 is 0 Å². The predicted octanol–water partition coefficient (Wildman–Crippen LogP) is 5.74. The summed E-state index contributed by atoms with van der Waals surface area (Å²) in [6.07, 6.45) is 3.58. The van der Waals surface area contributed by atoms with Crippen LogP contribution in [-0.2, 0) is 6.61 Å². The lowest BCUT2D eigenvalue weighted by Crippen LogP contribution is -2.35. The van der Waals surface area contributed by atoms with Gasteiger partial charge in [0, 0.05) is 28.7 Å². The van der Waals surface area contributed by atoms with Crippen LogP contribution >= 0.6 is 35.4 Å². The molecule has 0 radical (unpaired) electrons. The molecule has 26 heavy (non-hydrogen) atoms. The summed E-state index contributed by atoms with van der Waals surface area (Å²) in [6, 6.07) is 11.2. The number of hydrogen-bond acceptors (Lipinski definition) is 3. The van der Waals surface area contributed by atoms with Crippen molar-refractivity contribution in [1.82, 2.24) is 4.90 Å². The van der Waals surface area contributed by atoms with Gasteiger partial charge in [-0.3, -0.25) is 0 Å². The standard InChI is InChI=1S/C20H21Cl2NO2S/c1-24-18-10-5-7-14(20(26)23-11-3-2-4-12-23)19(18)25-13-15-16(21)8-6-9-17(15)22/h5-10H,2-4,11-13H2,1H3. The van der Waals surface area contributed by atoms with Crippen LogP contribution in [0.4, 0.5) is 0 Å². The van der Waals surface area contributed by atoms with Gasteiger partial charge in [0.15, 0.2) is 11.5 Å². The highest BCUT2D eigenvalue weighted by molar-refractivity contribution is 7.80. The van der Waals surface area contributed by atoms with Gasteiger partial charge in [0.05, 0.1) is 12.7 Å². The Hall–Kier alpha value is -1.49. The molecule has 2 aromatic carbocycles. The molecule has 1 aliphatic heterocycles. The van der Waals surface area contributed by atoms with Gasteiger partial charge in [0.25, 0.3) is 0 Å². The molecule has 0 atom stereocenters. The average Bonchev–Trinajstić information content (AvgIpc) is 2.67. The molecule has 3 nitrogen and oxygen atoms in total. The van der Waals surface area contributed by atoms with Crippen LogP contribution in [0.1, 0.15) is 30.4 Å². The number of benzene rings is 2. The summed E-state index contributed by atoms with van der Waals surface area (Å²) in [5.74, 6) is 1.27. The van der Waals surface area contributed by atoms with E-state index in [-0.39, 0.29) is 6.61 Å². The number of hydrogen-bond donors (Lipinski definition) is 0. The highest BCUT2D eigenvalue weighted by atomic mass is 35.5. The maximum Gasteiger partial charge on any atom is 0.171 e. The quantitative estimate of drug-likeness (QED) is 0.586. The zero-order valence-electron chi connectivity index (χ0n) is 14.6. The molecule has 0 aromatic heterocycles. The minimum atomic E-state index is 0.245. The zero-order valence-corrected chi connectivity index (χ0v) is 17.0. The maximum atomic E-state index is 6.26. The van der Waals surface area contributed by atoms with Gasteiger partial charge in [-0.1, -0.05) is 47.6 Å². The Morgan fingerprint density at radius 2 is 1.69 bits per heavy atom. The monoisotopic (exact) mass is 409 g/mol. The minimum absolute atomic E-state index is 0.245. The molecule has 0 spiro atoms. The van der Waals surface area contributed by atoms with Crippen molar-refractivity contribution in [3.63, 3.8) is 0 Å². The van der Waals surface area contributed by atoms with Crippen molar-refractivity contribution >= 4 is 40.4 Å². The van der Waals surface area contributed by atoms with Crippen LogP contribution in [0.15, 0.2) is 36.4 Å². The second kappa shape index (κ2) is 8.94. The Balaban J connectivity index is 1.88. The van der Waals surface area contributed by atoms with Crippen molar-refractivity contribution in [3.8, 4) is 11.5 Å². The SMILES string of the molecule is COc1cccc(C(=S)N2CCCCC2)c1OCc1c(Cl)cccc1Cl. The second-order valence-corrected chi connectivity index (χ2v) is 7.38. The Bertz CT molecular complexity index is 771. The molecule has 6 heteroatoms. The van der Waals surface area contributed by atoms with Crippen LogP contribution in [0.3, 0.4) is 0 Å². The molecule has 1 saturated heterocycles. The van der Waals surface area contributed by atoms with Gasteiger partial charge in [0.2, 0.25) is 0 Å². The molecule has 3 rings (SSSR count). The van der Waals surface area contributed by atoms with E-state index >= 15 is 0 Å². The molecule has 0 amide bonds. The van der Waals surface area contributed by atoms with Crippen molar-refractivity contribution in [3.05, 3.63) is 57.6 Å². The summed E-state index contributed by atoms with van der Waals surface area (Å²) in [4.78, 5) is 3.03. The first-order chi connectivity index (χ1) is 12.6. The summed E-state index contributed by atoms with van der Waals surface area (Å²) in [7, 11) is 1.62. The van der Waals surface area contributed by atoms with Crippen LogP contribution in [0, 0.1) is 0 Å². The first-order valence-electron chi connectivity index (χ1n) is 8.63. The lowest BCUT2D eigenvalue weighted by Gasteiger charge is -2.30. The van der Waals surface area contributed by atoms with E-state index in [0.29, 0.717) is 21.5 Å². The second-order valence-electron chi connectivity index (χ2n) is 6.18. The average molecular weight is 410 g/mol. The molecule has 1 aliphatic rings. The molecule has 1 fully saturated rings. The van der Waals surface area contributed by atoms with Crippen LogP contribution in [0.5, 0.6) is 11.5 Å². The van der Waals surface area contributed by atoms with E-state index in [2.05, 4.69) is 4.90 Å². The van der Waals surface area contributed by atoms with Gasteiger partial charge in [-0.05, 0) is 43.5 Å². The van der Waals surface area contributed by atoms with Crippen molar-refractivity contribution in [2.75, 3.05) is 20.2 Å². The van der Waals surface area contributed by atoms with E-state index in [1.54, 1.807) is 19.2 Å². The molecule has 138 valence electrons. The highest BCUT2D eigenvalue weighted by Crippen LogP contribution is 2.35. The van der Waals surface area contributed by atoms with Crippen LogP contribution in [-0.4, -0.2) is 30.1 Å². The number of nitrogens with zero attached hydrogens (tertiary/aromatic N) is 1. The highest BCUT2D eigenvalue weighted by Gasteiger charge is 2.21. The van der Waals surface area contributed by atoms with E-state index in [1.807, 2.05) is 24.3 Å². The Morgan fingerprint density at radius 1 is 1.04 bits per heavy atom. The van der Waals surface area contributed by atoms with Gasteiger partial charge in [-0.15, -0.1) is 0 Å². The predicted molar refractivity (Wildman–Crippen MR) is 111 cm³/mol. The molecular formula is C20H21Cl2NO2S. The van der Waals surface area contributed by atoms with Gasteiger partial charge < -0.3 is 14.4 Å². The summed E-state index contributed by atoms with van der Waals surface area (Å²) in [6.45, 7) is 2.20. The van der Waals surface area contributed by atoms with E-state index in [4.69, 9.17) is 44.9 Å². The Labute approximate surface area is 169 Å². The molecule has 0 saturated carbocycles. The summed E-state index contributed by atoms with van der Waals surface area (Å²) < 4.78 is 11.6. The fraction of sp³-hybridized carbons (Fsp3) is 0.350. The Morgan fingerprint density at radius 3 is 2.35 bits per heavy atom. The molecule has 2 aromatic rings. The fourth-order valence-corrected chi connectivity index (χ4v) is 3.93. The molecule has 1 heterocycles. The number of piperidine rings is 1. The van der Waals surface area contributed by atoms with Gasteiger partial charge in [0.1, 0.15) is 11.6 Å². The third-order valence-corrected chi connectivity index (χ3v) is 5.68. The van der Waals surface area contributed by atoms with E-state index in [1.165, 1.54) is 6.42 Å². The summed E-state index contributed by atoms with van der Waals surface area (Å²) in [5.41, 5.74) is 1.61. The van der Waals surface area contributed by atoms with Crippen LogP contribution < -0.4 is 9.47 Å². The van der Waals surface area contributed by atoms with Crippen molar-refractivity contribution in [1.29, 1.82) is 0 Å². The van der Waals surface area contributed by atoms with Crippen LogP contribution in [0.25, 0.3) is 0 Å². The maximum absolute atomic E-state index is 6.26. The first-order valence-corrected chi connectivity index (χ1v) is 9.80. The first kappa shape index (κ1) is 19.3. The van der Waals surface area contributed by atoms with E-state index in [9.17, 15) is 0 Å². The molecule has 0 N–H and O–H groups in total.